The van der Waals surface area contributed by atoms with Crippen LogP contribution in [0.2, 0.25) is 5.02 Å². The van der Waals surface area contributed by atoms with E-state index in [2.05, 4.69) is 11.4 Å². The van der Waals surface area contributed by atoms with Crippen molar-refractivity contribution in [3.05, 3.63) is 28.8 Å². The Kier molecular flexibility index (Phi) is 5.27. The van der Waals surface area contributed by atoms with Crippen molar-refractivity contribution in [1.82, 2.24) is 0 Å². The van der Waals surface area contributed by atoms with Crippen LogP contribution in [0.25, 0.3) is 0 Å². The van der Waals surface area contributed by atoms with Gasteiger partial charge in [0.1, 0.15) is 6.07 Å². The first-order valence-electron chi connectivity index (χ1n) is 5.70. The van der Waals surface area contributed by atoms with Gasteiger partial charge in [-0.1, -0.05) is 37.9 Å². The monoisotopic (exact) mass is 252 g/mol. The van der Waals surface area contributed by atoms with Crippen LogP contribution >= 0.6 is 11.6 Å². The van der Waals surface area contributed by atoms with Gasteiger partial charge in [0.05, 0.1) is 22.4 Å². The summed E-state index contributed by atoms with van der Waals surface area (Å²) >= 11 is 6.01. The van der Waals surface area contributed by atoms with Crippen LogP contribution in [0, 0.1) is 17.2 Å². The maximum absolute atomic E-state index is 9.85. The average molecular weight is 253 g/mol. The third kappa shape index (κ3) is 3.62. The highest BCUT2D eigenvalue weighted by Crippen LogP contribution is 2.25. The molecule has 1 aromatic rings. The molecule has 3 nitrogen and oxygen atoms in total. The highest BCUT2D eigenvalue weighted by molar-refractivity contribution is 6.33. The molecule has 17 heavy (non-hydrogen) atoms. The molecule has 0 aliphatic rings. The fourth-order valence-corrected chi connectivity index (χ4v) is 1.72. The van der Waals surface area contributed by atoms with Crippen molar-refractivity contribution in [3.63, 3.8) is 0 Å². The minimum absolute atomic E-state index is 0.218. The molecule has 1 aromatic carbocycles. The van der Waals surface area contributed by atoms with Gasteiger partial charge in [-0.2, -0.15) is 5.26 Å². The van der Waals surface area contributed by atoms with Gasteiger partial charge >= 0.3 is 0 Å². The number of benzene rings is 1. The lowest BCUT2D eigenvalue weighted by atomic mass is 10.0. The molecule has 1 rings (SSSR count). The molecule has 92 valence electrons. The van der Waals surface area contributed by atoms with Gasteiger partial charge in [-0.3, -0.25) is 0 Å². The van der Waals surface area contributed by atoms with E-state index in [1.165, 1.54) is 0 Å². The molecule has 0 radical (unpaired) electrons. The van der Waals surface area contributed by atoms with Gasteiger partial charge in [0.2, 0.25) is 0 Å². The molecule has 0 saturated heterocycles. The van der Waals surface area contributed by atoms with E-state index in [0.717, 1.165) is 6.42 Å². The normalized spacial score (nSPS) is 13.8. The first-order valence-corrected chi connectivity index (χ1v) is 6.08. The molecule has 0 heterocycles. The van der Waals surface area contributed by atoms with Crippen LogP contribution in [0.15, 0.2) is 18.2 Å². The SMILES string of the molecule is CCC(C)C(O)CNc1c(Cl)cccc1C#N. The Hall–Kier alpha value is -1.24. The van der Waals surface area contributed by atoms with Crippen molar-refractivity contribution in [2.45, 2.75) is 26.4 Å². The quantitative estimate of drug-likeness (QED) is 0.847. The predicted octanol–water partition coefficient (Wildman–Crippen LogP) is 3.03. The van der Waals surface area contributed by atoms with Gasteiger partial charge in [-0.05, 0) is 18.1 Å². The van der Waals surface area contributed by atoms with E-state index in [9.17, 15) is 5.11 Å². The molecular weight excluding hydrogens is 236 g/mol. The van der Waals surface area contributed by atoms with Gasteiger partial charge in [0.25, 0.3) is 0 Å². The van der Waals surface area contributed by atoms with Crippen molar-refractivity contribution in [2.24, 2.45) is 5.92 Å². The number of aliphatic hydroxyl groups excluding tert-OH is 1. The largest absolute Gasteiger partial charge is 0.391 e. The second kappa shape index (κ2) is 6.48. The fourth-order valence-electron chi connectivity index (χ4n) is 1.48. The highest BCUT2D eigenvalue weighted by Gasteiger charge is 2.13. The number of para-hydroxylation sites is 1. The summed E-state index contributed by atoms with van der Waals surface area (Å²) in [5, 5.41) is 22.3. The Morgan fingerprint density at radius 1 is 1.53 bits per heavy atom. The van der Waals surface area contributed by atoms with E-state index in [1.54, 1.807) is 18.2 Å². The molecular formula is C13H17ClN2O. The first-order chi connectivity index (χ1) is 8.10. The van der Waals surface area contributed by atoms with Crippen molar-refractivity contribution < 1.29 is 5.11 Å². The third-order valence-corrected chi connectivity index (χ3v) is 3.24. The Labute approximate surface area is 107 Å². The average Bonchev–Trinajstić information content (AvgIpc) is 2.35. The third-order valence-electron chi connectivity index (χ3n) is 2.92. The standard InChI is InChI=1S/C13H17ClN2O/c1-3-9(2)12(17)8-16-13-10(7-15)5-4-6-11(13)14/h4-6,9,12,16-17H,3,8H2,1-2H3. The lowest BCUT2D eigenvalue weighted by molar-refractivity contribution is 0.126. The minimum atomic E-state index is -0.442. The molecule has 0 aliphatic carbocycles. The Balaban J connectivity index is 2.73. The number of aliphatic hydroxyl groups is 1. The van der Waals surface area contributed by atoms with Crippen LogP contribution in [0.3, 0.4) is 0 Å². The van der Waals surface area contributed by atoms with Gasteiger partial charge in [0.15, 0.2) is 0 Å². The zero-order valence-electron chi connectivity index (χ0n) is 10.1. The number of halogens is 1. The van der Waals surface area contributed by atoms with Crippen LogP contribution in [0.5, 0.6) is 0 Å². The molecule has 0 bridgehead atoms. The minimum Gasteiger partial charge on any atom is -0.391 e. The summed E-state index contributed by atoms with van der Waals surface area (Å²) in [5.41, 5.74) is 1.09. The maximum atomic E-state index is 9.85. The van der Waals surface area contributed by atoms with E-state index in [-0.39, 0.29) is 5.92 Å². The van der Waals surface area contributed by atoms with Gasteiger partial charge in [-0.25, -0.2) is 0 Å². The molecule has 0 saturated carbocycles. The number of hydrogen-bond acceptors (Lipinski definition) is 3. The Morgan fingerprint density at radius 2 is 2.24 bits per heavy atom. The number of nitrogens with zero attached hydrogens (tertiary/aromatic N) is 1. The molecule has 0 aliphatic heterocycles. The van der Waals surface area contributed by atoms with Crippen LogP contribution in [-0.4, -0.2) is 17.8 Å². The van der Waals surface area contributed by atoms with E-state index in [0.29, 0.717) is 22.8 Å². The number of anilines is 1. The molecule has 0 aromatic heterocycles. The summed E-state index contributed by atoms with van der Waals surface area (Å²) in [6.45, 7) is 4.42. The molecule has 0 fully saturated rings. The molecule has 2 N–H and O–H groups in total. The summed E-state index contributed by atoms with van der Waals surface area (Å²) in [4.78, 5) is 0. The highest BCUT2D eigenvalue weighted by atomic mass is 35.5. The van der Waals surface area contributed by atoms with Crippen LogP contribution < -0.4 is 5.32 Å². The lowest BCUT2D eigenvalue weighted by Crippen LogP contribution is -2.26. The Morgan fingerprint density at radius 3 is 2.82 bits per heavy atom. The van der Waals surface area contributed by atoms with Crippen molar-refractivity contribution >= 4 is 17.3 Å². The zero-order valence-corrected chi connectivity index (χ0v) is 10.8. The van der Waals surface area contributed by atoms with E-state index in [4.69, 9.17) is 16.9 Å². The predicted molar refractivity (Wildman–Crippen MR) is 70.1 cm³/mol. The number of rotatable bonds is 5. The van der Waals surface area contributed by atoms with E-state index < -0.39 is 6.10 Å². The van der Waals surface area contributed by atoms with Gasteiger partial charge < -0.3 is 10.4 Å². The van der Waals surface area contributed by atoms with Crippen LogP contribution in [0.4, 0.5) is 5.69 Å². The zero-order chi connectivity index (χ0) is 12.8. The first kappa shape index (κ1) is 13.8. The van der Waals surface area contributed by atoms with Gasteiger partial charge in [-0.15, -0.1) is 0 Å². The lowest BCUT2D eigenvalue weighted by Gasteiger charge is -2.19. The second-order valence-electron chi connectivity index (χ2n) is 4.11. The fraction of sp³-hybridized carbons (Fsp3) is 0.462. The summed E-state index contributed by atoms with van der Waals surface area (Å²) in [5.74, 6) is 0.218. The maximum Gasteiger partial charge on any atom is 0.101 e. The summed E-state index contributed by atoms with van der Waals surface area (Å²) in [7, 11) is 0. The molecule has 0 amide bonds. The number of hydrogen-bond donors (Lipinski definition) is 2. The molecule has 4 heteroatoms. The smallest absolute Gasteiger partial charge is 0.101 e. The topological polar surface area (TPSA) is 56.0 Å². The summed E-state index contributed by atoms with van der Waals surface area (Å²) in [6.07, 6.45) is 0.471. The number of nitrogens with one attached hydrogen (secondary N) is 1. The second-order valence-corrected chi connectivity index (χ2v) is 4.52. The Bertz CT molecular complexity index is 414. The van der Waals surface area contributed by atoms with Crippen LogP contribution in [-0.2, 0) is 0 Å². The van der Waals surface area contributed by atoms with E-state index >= 15 is 0 Å². The summed E-state index contributed by atoms with van der Waals surface area (Å²) < 4.78 is 0. The molecule has 0 spiro atoms. The molecule has 2 unspecified atom stereocenters. The molecule has 2 atom stereocenters. The van der Waals surface area contributed by atoms with Gasteiger partial charge in [0, 0.05) is 6.54 Å². The van der Waals surface area contributed by atoms with Crippen molar-refractivity contribution in [3.8, 4) is 6.07 Å². The van der Waals surface area contributed by atoms with Crippen molar-refractivity contribution in [2.75, 3.05) is 11.9 Å². The summed E-state index contributed by atoms with van der Waals surface area (Å²) in [6, 6.07) is 7.23. The van der Waals surface area contributed by atoms with E-state index in [1.807, 2.05) is 13.8 Å². The number of nitriles is 1. The van der Waals surface area contributed by atoms with Crippen LogP contribution in [0.1, 0.15) is 25.8 Å². The van der Waals surface area contributed by atoms with Crippen molar-refractivity contribution in [1.29, 1.82) is 5.26 Å².